The monoisotopic (exact) mass is 678 g/mol. The zero-order valence-corrected chi connectivity index (χ0v) is 27.4. The van der Waals surface area contributed by atoms with Crippen molar-refractivity contribution in [2.24, 2.45) is 0 Å². The number of fused-ring (bicyclic) bond motifs is 6. The van der Waals surface area contributed by atoms with Gasteiger partial charge < -0.3 is 9.13 Å². The van der Waals surface area contributed by atoms with Crippen LogP contribution in [-0.2, 0) is 6.18 Å². The Morgan fingerprint density at radius 3 is 1.65 bits per heavy atom. The minimum absolute atomic E-state index is 0.0966. The van der Waals surface area contributed by atoms with Crippen molar-refractivity contribution in [1.29, 1.82) is 10.5 Å². The molecule has 0 aliphatic rings. The smallest absolute Gasteiger partial charge is 0.309 e. The summed E-state index contributed by atoms with van der Waals surface area (Å²) in [5, 5.41) is 23.4. The van der Waals surface area contributed by atoms with Crippen molar-refractivity contribution in [3.8, 4) is 45.8 Å². The second-order valence-electron chi connectivity index (χ2n) is 12.7. The molecule has 9 rings (SSSR count). The van der Waals surface area contributed by atoms with Crippen LogP contribution in [0.3, 0.4) is 0 Å². The molecule has 246 valence electrons. The Bertz CT molecular complexity index is 2930. The summed E-state index contributed by atoms with van der Waals surface area (Å²) in [5.74, 6) is 0. The van der Waals surface area contributed by atoms with Gasteiger partial charge in [-0.3, -0.25) is 0 Å². The maximum Gasteiger partial charge on any atom is 0.417 e. The van der Waals surface area contributed by atoms with Gasteiger partial charge in [-0.2, -0.15) is 23.7 Å². The van der Waals surface area contributed by atoms with Gasteiger partial charge >= 0.3 is 6.18 Å². The van der Waals surface area contributed by atoms with E-state index in [9.17, 15) is 23.7 Å². The van der Waals surface area contributed by atoms with Gasteiger partial charge in [0.1, 0.15) is 0 Å². The standard InChI is InChI=1S/C45H25F3N4/c46-45(47,48)39-23-29(27-50)16-19-33(39)37-22-28(26-49)17-20-43(37)52-42-15-6-3-12-36(42)38-25-31(18-21-44(38)52)30-8-7-9-32(24-30)51-40-13-4-1-10-34(40)35-11-2-5-14-41(35)51/h1-25H. The molecule has 2 heterocycles. The fourth-order valence-corrected chi connectivity index (χ4v) is 7.54. The van der Waals surface area contributed by atoms with Crippen molar-refractivity contribution in [1.82, 2.24) is 9.13 Å². The van der Waals surface area contributed by atoms with Crippen LogP contribution in [0.1, 0.15) is 16.7 Å². The second kappa shape index (κ2) is 11.8. The first-order valence-electron chi connectivity index (χ1n) is 16.6. The number of hydrogen-bond donors (Lipinski definition) is 0. The molecule has 0 aliphatic carbocycles. The molecule has 0 saturated carbocycles. The van der Waals surface area contributed by atoms with Crippen LogP contribution in [0.15, 0.2) is 152 Å². The largest absolute Gasteiger partial charge is 0.417 e. The molecule has 0 atom stereocenters. The Hall–Kier alpha value is -7.09. The molecule has 7 aromatic carbocycles. The van der Waals surface area contributed by atoms with Crippen molar-refractivity contribution < 1.29 is 13.2 Å². The Balaban J connectivity index is 1.25. The van der Waals surface area contributed by atoms with Crippen LogP contribution in [0.2, 0.25) is 0 Å². The first-order chi connectivity index (χ1) is 25.3. The lowest BCUT2D eigenvalue weighted by atomic mass is 9.94. The summed E-state index contributed by atoms with van der Waals surface area (Å²) in [4.78, 5) is 0. The second-order valence-corrected chi connectivity index (χ2v) is 12.7. The van der Waals surface area contributed by atoms with Crippen LogP contribution in [0.5, 0.6) is 0 Å². The number of nitriles is 2. The summed E-state index contributed by atoms with van der Waals surface area (Å²) in [6.07, 6.45) is -4.73. The minimum atomic E-state index is -4.73. The molecular formula is C45H25F3N4. The van der Waals surface area contributed by atoms with E-state index >= 15 is 0 Å². The van der Waals surface area contributed by atoms with Crippen LogP contribution in [0.25, 0.3) is 77.2 Å². The third-order valence-electron chi connectivity index (χ3n) is 9.80. The lowest BCUT2D eigenvalue weighted by Gasteiger charge is -2.18. The van der Waals surface area contributed by atoms with Crippen LogP contribution >= 0.6 is 0 Å². The zero-order chi connectivity index (χ0) is 35.6. The average molecular weight is 679 g/mol. The van der Waals surface area contributed by atoms with Gasteiger partial charge in [-0.1, -0.05) is 78.9 Å². The van der Waals surface area contributed by atoms with Crippen LogP contribution in [-0.4, -0.2) is 9.13 Å². The van der Waals surface area contributed by atoms with Crippen LogP contribution in [0.4, 0.5) is 13.2 Å². The van der Waals surface area contributed by atoms with E-state index in [2.05, 4.69) is 89.5 Å². The minimum Gasteiger partial charge on any atom is -0.309 e. The van der Waals surface area contributed by atoms with Crippen molar-refractivity contribution in [3.05, 3.63) is 168 Å². The van der Waals surface area contributed by atoms with E-state index in [0.29, 0.717) is 5.69 Å². The summed E-state index contributed by atoms with van der Waals surface area (Å²) >= 11 is 0. The maximum atomic E-state index is 14.5. The van der Waals surface area contributed by atoms with E-state index in [1.807, 2.05) is 47.0 Å². The zero-order valence-electron chi connectivity index (χ0n) is 27.4. The first kappa shape index (κ1) is 30.9. The summed E-state index contributed by atoms with van der Waals surface area (Å²) in [6, 6.07) is 51.4. The van der Waals surface area contributed by atoms with Gasteiger partial charge in [0, 0.05) is 32.8 Å². The number of nitrogens with zero attached hydrogens (tertiary/aromatic N) is 4. The molecule has 52 heavy (non-hydrogen) atoms. The Labute approximate surface area is 296 Å². The first-order valence-corrected chi connectivity index (χ1v) is 16.6. The molecule has 2 aromatic heterocycles. The molecule has 9 aromatic rings. The van der Waals surface area contributed by atoms with Gasteiger partial charge in [-0.15, -0.1) is 0 Å². The average Bonchev–Trinajstić information content (AvgIpc) is 3.70. The maximum absolute atomic E-state index is 14.5. The molecule has 0 unspecified atom stereocenters. The molecule has 0 aliphatic heterocycles. The Morgan fingerprint density at radius 2 is 1.00 bits per heavy atom. The normalized spacial score (nSPS) is 11.7. The quantitative estimate of drug-likeness (QED) is 0.186. The van der Waals surface area contributed by atoms with E-state index in [-0.39, 0.29) is 22.3 Å². The van der Waals surface area contributed by atoms with E-state index < -0.39 is 11.7 Å². The highest BCUT2D eigenvalue weighted by atomic mass is 19.4. The molecule has 0 saturated heterocycles. The van der Waals surface area contributed by atoms with E-state index in [1.165, 1.54) is 29.0 Å². The fourth-order valence-electron chi connectivity index (χ4n) is 7.54. The predicted molar refractivity (Wildman–Crippen MR) is 200 cm³/mol. The Morgan fingerprint density at radius 1 is 0.442 bits per heavy atom. The lowest BCUT2D eigenvalue weighted by Crippen LogP contribution is -2.09. The lowest BCUT2D eigenvalue weighted by molar-refractivity contribution is -0.137. The fraction of sp³-hybridized carbons (Fsp3) is 0.0222. The summed E-state index contributed by atoms with van der Waals surface area (Å²) < 4.78 is 47.8. The van der Waals surface area contributed by atoms with Crippen molar-refractivity contribution in [2.45, 2.75) is 6.18 Å². The highest BCUT2D eigenvalue weighted by Crippen LogP contribution is 2.43. The highest BCUT2D eigenvalue weighted by Gasteiger charge is 2.35. The molecule has 0 spiro atoms. The van der Waals surface area contributed by atoms with Crippen LogP contribution < -0.4 is 0 Å². The number of rotatable bonds is 4. The number of halogens is 3. The topological polar surface area (TPSA) is 57.4 Å². The number of benzene rings is 7. The highest BCUT2D eigenvalue weighted by molar-refractivity contribution is 6.11. The SMILES string of the molecule is N#Cc1ccc(-n2c3ccccc3c3cc(-c4cccc(-n5c6ccccc6c6ccccc65)c4)ccc32)c(-c2ccc(C#N)cc2C(F)(F)F)c1. The van der Waals surface area contributed by atoms with Gasteiger partial charge in [0.15, 0.2) is 0 Å². The van der Waals surface area contributed by atoms with Crippen LogP contribution in [0, 0.1) is 22.7 Å². The molecule has 4 nitrogen and oxygen atoms in total. The Kier molecular flexibility index (Phi) is 7.00. The third kappa shape index (κ3) is 4.83. The van der Waals surface area contributed by atoms with Gasteiger partial charge in [0.2, 0.25) is 0 Å². The molecular weight excluding hydrogens is 654 g/mol. The summed E-state index contributed by atoms with van der Waals surface area (Å²) in [7, 11) is 0. The number of hydrogen-bond acceptors (Lipinski definition) is 2. The summed E-state index contributed by atoms with van der Waals surface area (Å²) in [5.41, 5.74) is 6.69. The molecule has 0 radical (unpaired) electrons. The van der Waals surface area contributed by atoms with Gasteiger partial charge in [0.25, 0.3) is 0 Å². The van der Waals surface area contributed by atoms with Crippen molar-refractivity contribution in [2.75, 3.05) is 0 Å². The van der Waals surface area contributed by atoms with Crippen molar-refractivity contribution in [3.63, 3.8) is 0 Å². The van der Waals surface area contributed by atoms with E-state index in [0.717, 1.165) is 55.7 Å². The van der Waals surface area contributed by atoms with Gasteiger partial charge in [-0.25, -0.2) is 0 Å². The number of para-hydroxylation sites is 3. The van der Waals surface area contributed by atoms with Gasteiger partial charge in [-0.05, 0) is 89.5 Å². The van der Waals surface area contributed by atoms with Gasteiger partial charge in [0.05, 0.1) is 56.6 Å². The van der Waals surface area contributed by atoms with Crippen molar-refractivity contribution >= 4 is 43.6 Å². The predicted octanol–water partition coefficient (Wildman–Crippen LogP) is 12.0. The molecule has 0 amide bonds. The number of aromatic nitrogens is 2. The molecule has 0 fully saturated rings. The van der Waals surface area contributed by atoms with E-state index in [1.54, 1.807) is 12.1 Å². The third-order valence-corrected chi connectivity index (χ3v) is 9.80. The molecule has 0 bridgehead atoms. The molecule has 7 heteroatoms. The molecule has 0 N–H and O–H groups in total. The summed E-state index contributed by atoms with van der Waals surface area (Å²) in [6.45, 7) is 0. The van der Waals surface area contributed by atoms with E-state index in [4.69, 9.17) is 0 Å². The number of alkyl halides is 3.